The number of benzene rings is 1. The molecule has 2 aliphatic heterocycles. The molecule has 0 saturated carbocycles. The Bertz CT molecular complexity index is 635. The fourth-order valence-corrected chi connectivity index (χ4v) is 4.45. The van der Waals surface area contributed by atoms with Crippen molar-refractivity contribution < 1.29 is 4.74 Å². The van der Waals surface area contributed by atoms with Crippen LogP contribution in [0.2, 0.25) is 0 Å². The van der Waals surface area contributed by atoms with Crippen molar-refractivity contribution in [2.45, 2.75) is 32.2 Å². The molecule has 1 aromatic rings. The van der Waals surface area contributed by atoms with Gasteiger partial charge < -0.3 is 20.3 Å². The van der Waals surface area contributed by atoms with Gasteiger partial charge in [0.25, 0.3) is 0 Å². The summed E-state index contributed by atoms with van der Waals surface area (Å²) in [5, 5.41) is 7.12. The van der Waals surface area contributed by atoms with E-state index in [1.807, 2.05) is 13.1 Å². The van der Waals surface area contributed by atoms with Crippen LogP contribution >= 0.6 is 24.0 Å². The second-order valence-corrected chi connectivity index (χ2v) is 7.88. The summed E-state index contributed by atoms with van der Waals surface area (Å²) >= 11 is 0. The minimum atomic E-state index is 0. The smallest absolute Gasteiger partial charge is 0.191 e. The number of guanidine groups is 1. The average Bonchev–Trinajstić information content (AvgIpc) is 3.43. The monoisotopic (exact) mass is 515 g/mol. The van der Waals surface area contributed by atoms with Gasteiger partial charge in [-0.25, -0.2) is 0 Å². The number of aliphatic imine (C=N–C) groups is 1. The van der Waals surface area contributed by atoms with Crippen molar-refractivity contribution in [2.24, 2.45) is 10.9 Å². The minimum Gasteiger partial charge on any atom is -0.496 e. The van der Waals surface area contributed by atoms with E-state index in [0.29, 0.717) is 12.0 Å². The predicted octanol–water partition coefficient (Wildman–Crippen LogP) is 2.96. The van der Waals surface area contributed by atoms with E-state index in [1.54, 1.807) is 7.11 Å². The summed E-state index contributed by atoms with van der Waals surface area (Å²) < 4.78 is 5.65. The van der Waals surface area contributed by atoms with Crippen LogP contribution in [0.15, 0.2) is 29.3 Å². The lowest BCUT2D eigenvalue weighted by molar-refractivity contribution is 0.239. The molecule has 6 nitrogen and oxygen atoms in total. The normalized spacial score (nSPS) is 21.6. The highest BCUT2D eigenvalue weighted by molar-refractivity contribution is 14.0. The summed E-state index contributed by atoms with van der Waals surface area (Å²) in [5.41, 5.74) is 1.25. The van der Waals surface area contributed by atoms with Gasteiger partial charge in [-0.15, -0.1) is 24.0 Å². The van der Waals surface area contributed by atoms with Crippen molar-refractivity contribution >= 4 is 29.9 Å². The largest absolute Gasteiger partial charge is 0.496 e. The number of hydrogen-bond donors (Lipinski definition) is 2. The molecule has 0 aromatic heterocycles. The molecule has 2 saturated heterocycles. The van der Waals surface area contributed by atoms with Crippen LogP contribution in [0.3, 0.4) is 0 Å². The van der Waals surface area contributed by atoms with Crippen LogP contribution in [0.5, 0.6) is 5.75 Å². The Kier molecular flexibility index (Phi) is 10.5. The highest BCUT2D eigenvalue weighted by atomic mass is 127. The molecule has 0 spiro atoms. The molecule has 164 valence electrons. The van der Waals surface area contributed by atoms with Gasteiger partial charge in [0.05, 0.1) is 13.2 Å². The first-order valence-electron chi connectivity index (χ1n) is 10.8. The Morgan fingerprint density at radius 1 is 1.21 bits per heavy atom. The third-order valence-corrected chi connectivity index (χ3v) is 6.14. The Morgan fingerprint density at radius 3 is 2.62 bits per heavy atom. The number of nitrogens with zero attached hydrogens (tertiary/aromatic N) is 3. The van der Waals surface area contributed by atoms with Crippen molar-refractivity contribution in [3.05, 3.63) is 29.8 Å². The van der Waals surface area contributed by atoms with Gasteiger partial charge >= 0.3 is 0 Å². The Hall–Kier alpha value is -1.06. The molecule has 0 radical (unpaired) electrons. The Morgan fingerprint density at radius 2 is 1.97 bits per heavy atom. The fourth-order valence-electron chi connectivity index (χ4n) is 4.45. The van der Waals surface area contributed by atoms with Gasteiger partial charge in [-0.3, -0.25) is 9.89 Å². The summed E-state index contributed by atoms with van der Waals surface area (Å²) in [6.07, 6.45) is 3.82. The molecule has 2 aliphatic rings. The fraction of sp³-hybridized carbons (Fsp3) is 0.682. The van der Waals surface area contributed by atoms with Gasteiger partial charge in [0.2, 0.25) is 0 Å². The summed E-state index contributed by atoms with van der Waals surface area (Å²) in [6, 6.07) is 8.69. The topological polar surface area (TPSA) is 52.1 Å². The summed E-state index contributed by atoms with van der Waals surface area (Å²) in [5.74, 6) is 2.57. The zero-order valence-corrected chi connectivity index (χ0v) is 20.5. The first-order chi connectivity index (χ1) is 13.7. The van der Waals surface area contributed by atoms with Gasteiger partial charge in [0, 0.05) is 32.2 Å². The maximum Gasteiger partial charge on any atom is 0.191 e. The molecule has 2 atom stereocenters. The molecule has 7 heteroatoms. The highest BCUT2D eigenvalue weighted by Gasteiger charge is 2.26. The van der Waals surface area contributed by atoms with Crippen LogP contribution in [0.25, 0.3) is 0 Å². The predicted molar refractivity (Wildman–Crippen MR) is 132 cm³/mol. The van der Waals surface area contributed by atoms with Crippen molar-refractivity contribution in [3.63, 3.8) is 0 Å². The van der Waals surface area contributed by atoms with Gasteiger partial charge in [-0.1, -0.05) is 25.1 Å². The van der Waals surface area contributed by atoms with Gasteiger partial charge in [0.1, 0.15) is 5.75 Å². The molecule has 2 N–H and O–H groups in total. The van der Waals surface area contributed by atoms with E-state index < -0.39 is 0 Å². The lowest BCUT2D eigenvalue weighted by Gasteiger charge is -2.30. The lowest BCUT2D eigenvalue weighted by Crippen LogP contribution is -2.44. The van der Waals surface area contributed by atoms with Crippen LogP contribution in [-0.4, -0.2) is 75.7 Å². The lowest BCUT2D eigenvalue weighted by atomic mass is 10.0. The van der Waals surface area contributed by atoms with E-state index in [1.165, 1.54) is 37.9 Å². The summed E-state index contributed by atoms with van der Waals surface area (Å²) in [7, 11) is 3.62. The van der Waals surface area contributed by atoms with Gasteiger partial charge in [-0.05, 0) is 57.4 Å². The first-order valence-corrected chi connectivity index (χ1v) is 10.8. The van der Waals surface area contributed by atoms with Crippen LogP contribution in [0, 0.1) is 5.92 Å². The maximum atomic E-state index is 5.65. The van der Waals surface area contributed by atoms with E-state index in [9.17, 15) is 0 Å². The number of likely N-dealkylation sites (tertiary alicyclic amines) is 2. The van der Waals surface area contributed by atoms with Crippen molar-refractivity contribution in [1.82, 2.24) is 20.4 Å². The van der Waals surface area contributed by atoms with E-state index in [2.05, 4.69) is 50.5 Å². The summed E-state index contributed by atoms with van der Waals surface area (Å²) in [4.78, 5) is 9.54. The number of para-hydroxylation sites is 1. The van der Waals surface area contributed by atoms with E-state index in [4.69, 9.17) is 4.74 Å². The van der Waals surface area contributed by atoms with Crippen LogP contribution in [0.1, 0.15) is 37.8 Å². The van der Waals surface area contributed by atoms with Crippen molar-refractivity contribution in [2.75, 3.05) is 60.0 Å². The van der Waals surface area contributed by atoms with Crippen molar-refractivity contribution in [3.8, 4) is 5.75 Å². The SMILES string of the molecule is CCN1CCC(CNC(=NC)NCC(c2ccccc2OC)N2CCCC2)C1.I. The molecule has 29 heavy (non-hydrogen) atoms. The second kappa shape index (κ2) is 12.6. The molecular weight excluding hydrogens is 477 g/mol. The maximum absolute atomic E-state index is 5.65. The number of rotatable bonds is 8. The molecule has 2 fully saturated rings. The first kappa shape index (κ1) is 24.2. The van der Waals surface area contributed by atoms with Crippen LogP contribution in [0.4, 0.5) is 0 Å². The molecule has 2 heterocycles. The zero-order chi connectivity index (χ0) is 19.8. The Balaban J connectivity index is 0.00000300. The Labute approximate surface area is 193 Å². The second-order valence-electron chi connectivity index (χ2n) is 7.88. The third-order valence-electron chi connectivity index (χ3n) is 6.14. The van der Waals surface area contributed by atoms with Crippen LogP contribution < -0.4 is 15.4 Å². The average molecular weight is 515 g/mol. The quantitative estimate of drug-likeness (QED) is 0.317. The van der Waals surface area contributed by atoms with Gasteiger partial charge in [-0.2, -0.15) is 0 Å². The molecule has 0 aliphatic carbocycles. The molecular formula is C22H38IN5O. The van der Waals surface area contributed by atoms with E-state index >= 15 is 0 Å². The zero-order valence-electron chi connectivity index (χ0n) is 18.2. The molecule has 0 bridgehead atoms. The minimum absolute atomic E-state index is 0. The number of hydrogen-bond acceptors (Lipinski definition) is 4. The summed E-state index contributed by atoms with van der Waals surface area (Å²) in [6.45, 7) is 9.91. The van der Waals surface area contributed by atoms with E-state index in [-0.39, 0.29) is 24.0 Å². The van der Waals surface area contributed by atoms with Crippen LogP contribution in [-0.2, 0) is 0 Å². The number of methoxy groups -OCH3 is 1. The third kappa shape index (κ3) is 6.72. The number of nitrogens with one attached hydrogen (secondary N) is 2. The van der Waals surface area contributed by atoms with Crippen molar-refractivity contribution in [1.29, 1.82) is 0 Å². The highest BCUT2D eigenvalue weighted by Crippen LogP contribution is 2.31. The molecule has 0 amide bonds. The van der Waals surface area contributed by atoms with E-state index in [0.717, 1.165) is 44.4 Å². The van der Waals surface area contributed by atoms with Gasteiger partial charge in [0.15, 0.2) is 5.96 Å². The molecule has 3 rings (SSSR count). The number of ether oxygens (including phenoxy) is 1. The number of halogens is 1. The standard InChI is InChI=1S/C22H37N5O.HI/c1-4-26-14-11-18(17-26)15-24-22(23-2)25-16-20(27-12-7-8-13-27)19-9-5-6-10-21(19)28-3;/h5-6,9-10,18,20H,4,7-8,11-17H2,1-3H3,(H2,23,24,25);1H. The molecule has 1 aromatic carbocycles. The molecule has 2 unspecified atom stereocenters.